The molecule has 0 bridgehead atoms. The van der Waals surface area contributed by atoms with E-state index in [-0.39, 0.29) is 12.5 Å². The van der Waals surface area contributed by atoms with E-state index in [1.54, 1.807) is 0 Å². The fraction of sp³-hybridized carbons (Fsp3) is 0.667. The van der Waals surface area contributed by atoms with Crippen LogP contribution in [-0.4, -0.2) is 25.0 Å². The van der Waals surface area contributed by atoms with Crippen LogP contribution >= 0.6 is 0 Å². The number of hydrogen-bond acceptors (Lipinski definition) is 3. The first-order valence-corrected chi connectivity index (χ1v) is 3.71. The van der Waals surface area contributed by atoms with Gasteiger partial charge in [0.15, 0.2) is 0 Å². The number of hydrogen-bond donors (Lipinski definition) is 4. The molecule has 12 heavy (non-hydrogen) atoms. The van der Waals surface area contributed by atoms with E-state index in [1.165, 1.54) is 0 Å². The Hall–Kier alpha value is -1.30. The summed E-state index contributed by atoms with van der Waals surface area (Å²) >= 11 is 0. The lowest BCUT2D eigenvalue weighted by Gasteiger charge is -2.04. The third-order valence-corrected chi connectivity index (χ3v) is 1.11. The first-order valence-electron chi connectivity index (χ1n) is 3.71. The van der Waals surface area contributed by atoms with Crippen molar-refractivity contribution in [3.63, 3.8) is 0 Å². The highest BCUT2D eigenvalue weighted by molar-refractivity contribution is 5.83. The van der Waals surface area contributed by atoms with Gasteiger partial charge in [-0.25, -0.2) is 10.6 Å². The minimum atomic E-state index is -0.568. The molecule has 0 saturated heterocycles. The summed E-state index contributed by atoms with van der Waals surface area (Å²) in [4.78, 5) is 21.3. The lowest BCUT2D eigenvalue weighted by molar-refractivity contribution is -0.120. The molecule has 6 heteroatoms. The Morgan fingerprint density at radius 3 is 2.50 bits per heavy atom. The average molecular weight is 174 g/mol. The van der Waals surface area contributed by atoms with Crippen LogP contribution in [0.25, 0.3) is 0 Å². The van der Waals surface area contributed by atoms with Gasteiger partial charge in [-0.2, -0.15) is 0 Å². The Labute approximate surface area is 70.8 Å². The highest BCUT2D eigenvalue weighted by atomic mass is 16.2. The van der Waals surface area contributed by atoms with Crippen molar-refractivity contribution < 1.29 is 9.59 Å². The summed E-state index contributed by atoms with van der Waals surface area (Å²) in [6.45, 7) is 2.51. The number of carbonyl (C=O) groups excluding carboxylic acids is 2. The van der Waals surface area contributed by atoms with Crippen LogP contribution < -0.4 is 21.9 Å². The minimum Gasteiger partial charge on any atom is -0.355 e. The molecule has 0 atom stereocenters. The fourth-order valence-electron chi connectivity index (χ4n) is 0.539. The van der Waals surface area contributed by atoms with Gasteiger partial charge >= 0.3 is 6.03 Å². The zero-order valence-electron chi connectivity index (χ0n) is 7.02. The predicted molar refractivity (Wildman–Crippen MR) is 44.0 cm³/mol. The Kier molecular flexibility index (Phi) is 5.72. The van der Waals surface area contributed by atoms with Gasteiger partial charge in [-0.3, -0.25) is 10.2 Å². The number of nitrogens with two attached hydrogens (primary N) is 1. The monoisotopic (exact) mass is 174 g/mol. The van der Waals surface area contributed by atoms with Crippen molar-refractivity contribution in [2.75, 3.05) is 13.1 Å². The first kappa shape index (κ1) is 10.7. The third kappa shape index (κ3) is 5.48. The number of hydrazine groups is 1. The molecule has 0 saturated carbocycles. The third-order valence-electron chi connectivity index (χ3n) is 1.11. The molecule has 0 unspecified atom stereocenters. The number of amides is 3. The SMILES string of the molecule is CCCNC(=O)CNC(=O)NN. The molecule has 0 heterocycles. The Bertz CT molecular complexity index is 160. The van der Waals surface area contributed by atoms with Gasteiger partial charge in [0.25, 0.3) is 0 Å². The number of rotatable bonds is 4. The van der Waals surface area contributed by atoms with E-state index in [0.717, 1.165) is 6.42 Å². The van der Waals surface area contributed by atoms with Crippen molar-refractivity contribution >= 4 is 11.9 Å². The van der Waals surface area contributed by atoms with Crippen molar-refractivity contribution in [3.8, 4) is 0 Å². The van der Waals surface area contributed by atoms with Crippen LogP contribution in [0, 0.1) is 0 Å². The maximum atomic E-state index is 10.8. The summed E-state index contributed by atoms with van der Waals surface area (Å²) in [6, 6.07) is -0.568. The molecule has 0 aliphatic rings. The quantitative estimate of drug-likeness (QED) is 0.242. The Morgan fingerprint density at radius 1 is 1.33 bits per heavy atom. The molecular formula is C6H14N4O2. The minimum absolute atomic E-state index is 0.0525. The summed E-state index contributed by atoms with van der Waals surface area (Å²) < 4.78 is 0. The van der Waals surface area contributed by atoms with Crippen LogP contribution in [0.5, 0.6) is 0 Å². The zero-order valence-corrected chi connectivity index (χ0v) is 7.02. The lowest BCUT2D eigenvalue weighted by atomic mass is 10.4. The molecule has 70 valence electrons. The van der Waals surface area contributed by atoms with Gasteiger partial charge in [0.2, 0.25) is 5.91 Å². The second kappa shape index (κ2) is 6.41. The molecule has 3 amide bonds. The van der Waals surface area contributed by atoms with Crippen LogP contribution in [0.3, 0.4) is 0 Å². The van der Waals surface area contributed by atoms with E-state index in [4.69, 9.17) is 5.84 Å². The van der Waals surface area contributed by atoms with Crippen LogP contribution in [0.1, 0.15) is 13.3 Å². The number of urea groups is 1. The number of nitrogens with one attached hydrogen (secondary N) is 3. The number of carbonyl (C=O) groups is 2. The molecule has 0 fully saturated rings. The second-order valence-corrected chi connectivity index (χ2v) is 2.18. The van der Waals surface area contributed by atoms with Gasteiger partial charge in [-0.15, -0.1) is 0 Å². The summed E-state index contributed by atoms with van der Waals surface area (Å²) in [6.07, 6.45) is 0.870. The molecule has 0 aromatic carbocycles. The molecule has 0 spiro atoms. The normalized spacial score (nSPS) is 8.83. The van der Waals surface area contributed by atoms with Gasteiger partial charge < -0.3 is 10.6 Å². The molecule has 0 aliphatic carbocycles. The van der Waals surface area contributed by atoms with Crippen molar-refractivity contribution in [2.24, 2.45) is 5.84 Å². The van der Waals surface area contributed by atoms with Gasteiger partial charge in [0.05, 0.1) is 6.54 Å². The van der Waals surface area contributed by atoms with Crippen molar-refractivity contribution in [3.05, 3.63) is 0 Å². The summed E-state index contributed by atoms with van der Waals surface area (Å²) in [5.41, 5.74) is 1.85. The van der Waals surface area contributed by atoms with Crippen molar-refractivity contribution in [1.29, 1.82) is 0 Å². The van der Waals surface area contributed by atoms with E-state index in [2.05, 4.69) is 10.6 Å². The molecule has 0 aromatic heterocycles. The molecule has 0 aliphatic heterocycles. The Morgan fingerprint density at radius 2 is 2.00 bits per heavy atom. The standard InChI is InChI=1S/C6H14N4O2/c1-2-3-8-5(11)4-9-6(12)10-7/h2-4,7H2,1H3,(H,8,11)(H2,9,10,12). The largest absolute Gasteiger partial charge is 0.355 e. The predicted octanol–water partition coefficient (Wildman–Crippen LogP) is -1.31. The summed E-state index contributed by atoms with van der Waals surface area (Å²) in [7, 11) is 0. The van der Waals surface area contributed by atoms with E-state index in [9.17, 15) is 9.59 Å². The highest BCUT2D eigenvalue weighted by Gasteiger charge is 2.01. The molecule has 0 radical (unpaired) electrons. The summed E-state index contributed by atoms with van der Waals surface area (Å²) in [5.74, 6) is 4.54. The van der Waals surface area contributed by atoms with Crippen LogP contribution in [0.2, 0.25) is 0 Å². The lowest BCUT2D eigenvalue weighted by Crippen LogP contribution is -2.44. The zero-order chi connectivity index (χ0) is 9.40. The first-order chi connectivity index (χ1) is 5.70. The van der Waals surface area contributed by atoms with Gasteiger partial charge in [0.1, 0.15) is 0 Å². The highest BCUT2D eigenvalue weighted by Crippen LogP contribution is 1.70. The van der Waals surface area contributed by atoms with Gasteiger partial charge in [0, 0.05) is 6.54 Å². The summed E-state index contributed by atoms with van der Waals surface area (Å²) in [5, 5.41) is 4.84. The van der Waals surface area contributed by atoms with E-state index >= 15 is 0 Å². The topological polar surface area (TPSA) is 96.2 Å². The van der Waals surface area contributed by atoms with E-state index in [1.807, 2.05) is 12.3 Å². The van der Waals surface area contributed by atoms with Crippen molar-refractivity contribution in [1.82, 2.24) is 16.1 Å². The van der Waals surface area contributed by atoms with E-state index in [0.29, 0.717) is 6.54 Å². The second-order valence-electron chi connectivity index (χ2n) is 2.18. The van der Waals surface area contributed by atoms with Gasteiger partial charge in [-0.05, 0) is 6.42 Å². The Balaban J connectivity index is 3.37. The molecular weight excluding hydrogens is 160 g/mol. The van der Waals surface area contributed by atoms with Gasteiger partial charge in [-0.1, -0.05) is 6.92 Å². The molecule has 6 nitrogen and oxygen atoms in total. The van der Waals surface area contributed by atoms with Crippen LogP contribution in [0.15, 0.2) is 0 Å². The van der Waals surface area contributed by atoms with Crippen LogP contribution in [-0.2, 0) is 4.79 Å². The molecule has 5 N–H and O–H groups in total. The van der Waals surface area contributed by atoms with Crippen LogP contribution in [0.4, 0.5) is 4.79 Å². The molecule has 0 aromatic rings. The average Bonchev–Trinajstić information content (AvgIpc) is 2.10. The smallest absolute Gasteiger partial charge is 0.329 e. The molecule has 0 rings (SSSR count). The van der Waals surface area contributed by atoms with Crippen molar-refractivity contribution in [2.45, 2.75) is 13.3 Å². The maximum Gasteiger partial charge on any atom is 0.329 e. The fourth-order valence-corrected chi connectivity index (χ4v) is 0.539. The maximum absolute atomic E-state index is 10.8. The van der Waals surface area contributed by atoms with E-state index < -0.39 is 6.03 Å².